The molecule has 90 valence electrons. The first-order chi connectivity index (χ1) is 7.81. The molecule has 0 bridgehead atoms. The Morgan fingerprint density at radius 3 is 2.69 bits per heavy atom. The van der Waals surface area contributed by atoms with Gasteiger partial charge in [-0.3, -0.25) is 0 Å². The molecule has 0 nitrogen and oxygen atoms in total. The van der Waals surface area contributed by atoms with Gasteiger partial charge < -0.3 is 0 Å². The fourth-order valence-electron chi connectivity index (χ4n) is 2.71. The quantitative estimate of drug-likeness (QED) is 0.445. The van der Waals surface area contributed by atoms with Crippen LogP contribution in [0.1, 0.15) is 52.4 Å². The lowest BCUT2D eigenvalue weighted by Crippen LogP contribution is -2.07. The van der Waals surface area contributed by atoms with E-state index >= 15 is 0 Å². The third kappa shape index (κ3) is 4.00. The maximum atomic E-state index is 3.97. The van der Waals surface area contributed by atoms with Crippen LogP contribution in [0.5, 0.6) is 0 Å². The summed E-state index contributed by atoms with van der Waals surface area (Å²) < 4.78 is 0. The number of rotatable bonds is 4. The van der Waals surface area contributed by atoms with Gasteiger partial charge in [-0.1, -0.05) is 63.5 Å². The molecule has 1 aliphatic carbocycles. The van der Waals surface area contributed by atoms with Crippen molar-refractivity contribution in [2.24, 2.45) is 11.8 Å². The summed E-state index contributed by atoms with van der Waals surface area (Å²) in [6.45, 7) is 8.37. The van der Waals surface area contributed by atoms with Crippen molar-refractivity contribution in [2.75, 3.05) is 0 Å². The summed E-state index contributed by atoms with van der Waals surface area (Å²) in [5.41, 5.74) is 1.44. The van der Waals surface area contributed by atoms with Gasteiger partial charge in [0, 0.05) is 0 Å². The van der Waals surface area contributed by atoms with Crippen molar-refractivity contribution in [3.63, 3.8) is 0 Å². The maximum Gasteiger partial charge on any atom is -0.0160 e. The van der Waals surface area contributed by atoms with Gasteiger partial charge in [-0.05, 0) is 37.2 Å². The van der Waals surface area contributed by atoms with Gasteiger partial charge in [0.2, 0.25) is 0 Å². The van der Waals surface area contributed by atoms with Crippen molar-refractivity contribution in [1.82, 2.24) is 0 Å². The number of allylic oxidation sites excluding steroid dienone is 5. The topological polar surface area (TPSA) is 0 Å². The minimum atomic E-state index is 0.751. The molecule has 2 unspecified atom stereocenters. The van der Waals surface area contributed by atoms with Crippen LogP contribution in [0.3, 0.4) is 0 Å². The molecule has 2 atom stereocenters. The van der Waals surface area contributed by atoms with E-state index in [2.05, 4.69) is 44.7 Å². The highest BCUT2D eigenvalue weighted by molar-refractivity contribution is 5.24. The van der Waals surface area contributed by atoms with Crippen LogP contribution >= 0.6 is 0 Å². The zero-order chi connectivity index (χ0) is 11.8. The van der Waals surface area contributed by atoms with Crippen molar-refractivity contribution < 1.29 is 0 Å². The fourth-order valence-corrected chi connectivity index (χ4v) is 2.71. The Balaban J connectivity index is 2.70. The summed E-state index contributed by atoms with van der Waals surface area (Å²) in [6, 6.07) is 0. The lowest BCUT2D eigenvalue weighted by atomic mass is 9.86. The van der Waals surface area contributed by atoms with E-state index in [9.17, 15) is 0 Å². The lowest BCUT2D eigenvalue weighted by molar-refractivity contribution is 0.402. The molecule has 0 aliphatic heterocycles. The van der Waals surface area contributed by atoms with Crippen LogP contribution in [-0.2, 0) is 0 Å². The summed E-state index contributed by atoms with van der Waals surface area (Å²) >= 11 is 0. The molecule has 0 N–H and O–H groups in total. The highest BCUT2D eigenvalue weighted by Gasteiger charge is 2.20. The highest BCUT2D eigenvalue weighted by Crippen LogP contribution is 2.34. The lowest BCUT2D eigenvalue weighted by Gasteiger charge is -2.19. The molecule has 0 aromatic rings. The van der Waals surface area contributed by atoms with Crippen molar-refractivity contribution >= 4 is 0 Å². The van der Waals surface area contributed by atoms with Gasteiger partial charge in [0.05, 0.1) is 0 Å². The third-order valence-electron chi connectivity index (χ3n) is 3.80. The smallest absolute Gasteiger partial charge is 0.0160 e. The second-order valence-electron chi connectivity index (χ2n) is 4.89. The molecule has 16 heavy (non-hydrogen) atoms. The van der Waals surface area contributed by atoms with Gasteiger partial charge in [0.1, 0.15) is 0 Å². The Morgan fingerprint density at radius 1 is 1.31 bits per heavy atom. The Labute approximate surface area is 101 Å². The van der Waals surface area contributed by atoms with E-state index < -0.39 is 0 Å². The molecule has 0 amide bonds. The van der Waals surface area contributed by atoms with Gasteiger partial charge in [-0.25, -0.2) is 0 Å². The molecule has 0 heteroatoms. The van der Waals surface area contributed by atoms with E-state index in [1.807, 2.05) is 0 Å². The first-order valence-corrected chi connectivity index (χ1v) is 6.77. The monoisotopic (exact) mass is 218 g/mol. The van der Waals surface area contributed by atoms with E-state index in [1.165, 1.54) is 44.1 Å². The Bertz CT molecular complexity index is 257. The fraction of sp³-hybridized carbons (Fsp3) is 0.625. The van der Waals surface area contributed by atoms with Crippen molar-refractivity contribution in [1.29, 1.82) is 0 Å². The van der Waals surface area contributed by atoms with Crippen LogP contribution in [0.4, 0.5) is 0 Å². The van der Waals surface area contributed by atoms with Gasteiger partial charge >= 0.3 is 0 Å². The molecular formula is C16H26. The molecule has 1 fully saturated rings. The van der Waals surface area contributed by atoms with Crippen LogP contribution in [0.15, 0.2) is 36.5 Å². The SMILES string of the molecule is C=C/C(=C\C=C/C)C1CCCCC(CC)C1. The Kier molecular flexibility index (Phi) is 6.22. The minimum Gasteiger partial charge on any atom is -0.0988 e. The van der Waals surface area contributed by atoms with Crippen LogP contribution < -0.4 is 0 Å². The number of hydrogen-bond donors (Lipinski definition) is 0. The molecule has 0 spiro atoms. The predicted molar refractivity (Wildman–Crippen MR) is 73.5 cm³/mol. The second-order valence-corrected chi connectivity index (χ2v) is 4.89. The summed E-state index contributed by atoms with van der Waals surface area (Å²) in [7, 11) is 0. The van der Waals surface area contributed by atoms with Crippen LogP contribution in [-0.4, -0.2) is 0 Å². The first-order valence-electron chi connectivity index (χ1n) is 6.77. The first kappa shape index (κ1) is 13.3. The molecule has 0 saturated heterocycles. The molecule has 1 aliphatic rings. The van der Waals surface area contributed by atoms with Crippen LogP contribution in [0, 0.1) is 11.8 Å². The predicted octanol–water partition coefficient (Wildman–Crippen LogP) is 5.28. The molecule has 1 rings (SSSR count). The van der Waals surface area contributed by atoms with Crippen molar-refractivity contribution in [3.8, 4) is 0 Å². The van der Waals surface area contributed by atoms with Crippen molar-refractivity contribution in [3.05, 3.63) is 36.5 Å². The summed E-state index contributed by atoms with van der Waals surface area (Å²) in [5, 5.41) is 0. The van der Waals surface area contributed by atoms with E-state index in [-0.39, 0.29) is 0 Å². The molecule has 0 aromatic carbocycles. The second kappa shape index (κ2) is 7.49. The molecule has 0 aromatic heterocycles. The van der Waals surface area contributed by atoms with Gasteiger partial charge in [-0.15, -0.1) is 0 Å². The van der Waals surface area contributed by atoms with Gasteiger partial charge in [0.25, 0.3) is 0 Å². The highest BCUT2D eigenvalue weighted by atomic mass is 14.3. The molecule has 0 heterocycles. The maximum absolute atomic E-state index is 3.97. The third-order valence-corrected chi connectivity index (χ3v) is 3.80. The average molecular weight is 218 g/mol. The largest absolute Gasteiger partial charge is 0.0988 e. The van der Waals surface area contributed by atoms with Gasteiger partial charge in [0.15, 0.2) is 0 Å². The standard InChI is InChI=1S/C16H26/c1-4-7-11-15(6-3)16-12-9-8-10-14(5-2)13-16/h4,6-7,11,14,16H,3,5,8-10,12-13H2,1-2H3/b7-4-,15-11+. The Morgan fingerprint density at radius 2 is 2.06 bits per heavy atom. The zero-order valence-electron chi connectivity index (χ0n) is 10.9. The van der Waals surface area contributed by atoms with Crippen LogP contribution in [0.25, 0.3) is 0 Å². The zero-order valence-corrected chi connectivity index (χ0v) is 10.9. The van der Waals surface area contributed by atoms with Crippen molar-refractivity contribution in [2.45, 2.75) is 52.4 Å². The molecule has 0 radical (unpaired) electrons. The summed E-state index contributed by atoms with van der Waals surface area (Å²) in [4.78, 5) is 0. The average Bonchev–Trinajstić information content (AvgIpc) is 2.55. The molecular weight excluding hydrogens is 192 g/mol. The van der Waals surface area contributed by atoms with E-state index in [1.54, 1.807) is 0 Å². The van der Waals surface area contributed by atoms with E-state index in [0.29, 0.717) is 0 Å². The normalized spacial score (nSPS) is 28.0. The van der Waals surface area contributed by atoms with Gasteiger partial charge in [-0.2, -0.15) is 0 Å². The Hall–Kier alpha value is -0.780. The molecule has 1 saturated carbocycles. The minimum absolute atomic E-state index is 0.751. The van der Waals surface area contributed by atoms with Crippen LogP contribution in [0.2, 0.25) is 0 Å². The number of hydrogen-bond acceptors (Lipinski definition) is 0. The summed E-state index contributed by atoms with van der Waals surface area (Å²) in [5.74, 6) is 1.68. The summed E-state index contributed by atoms with van der Waals surface area (Å²) in [6.07, 6.45) is 16.8. The van der Waals surface area contributed by atoms with E-state index in [4.69, 9.17) is 0 Å². The van der Waals surface area contributed by atoms with E-state index in [0.717, 1.165) is 11.8 Å².